The normalized spacial score (nSPS) is 13.8. The maximum Gasteiger partial charge on any atom is 0.472 e. The van der Waals surface area contributed by atoms with E-state index in [1.54, 1.807) is 0 Å². The smallest absolute Gasteiger partial charge is 0.462 e. The van der Waals surface area contributed by atoms with Crippen molar-refractivity contribution >= 4 is 39.5 Å². The molecule has 0 saturated carbocycles. The summed E-state index contributed by atoms with van der Waals surface area (Å²) in [5, 5.41) is 10.7. The van der Waals surface area contributed by atoms with Crippen LogP contribution in [0.3, 0.4) is 0 Å². The van der Waals surface area contributed by atoms with Gasteiger partial charge in [0.25, 0.3) is 0 Å². The first-order chi connectivity index (χ1) is 50.0. The number of hydrogen-bond acceptors (Lipinski definition) is 15. The lowest BCUT2D eigenvalue weighted by Crippen LogP contribution is -2.30. The highest BCUT2D eigenvalue weighted by atomic mass is 31.2. The molecule has 612 valence electrons. The topological polar surface area (TPSA) is 237 Å². The molecule has 2 unspecified atom stereocenters. The Balaban J connectivity index is 5.22. The number of phosphoric ester groups is 2. The van der Waals surface area contributed by atoms with Crippen LogP contribution in [-0.4, -0.2) is 96.7 Å². The molecule has 0 amide bonds. The van der Waals surface area contributed by atoms with Gasteiger partial charge in [-0.1, -0.05) is 401 Å². The molecule has 0 bridgehead atoms. The summed E-state index contributed by atoms with van der Waals surface area (Å²) >= 11 is 0. The van der Waals surface area contributed by atoms with Gasteiger partial charge in [0.2, 0.25) is 0 Å². The summed E-state index contributed by atoms with van der Waals surface area (Å²) in [7, 11) is -9.92. The van der Waals surface area contributed by atoms with Crippen LogP contribution >= 0.6 is 15.6 Å². The van der Waals surface area contributed by atoms with Crippen molar-refractivity contribution in [1.29, 1.82) is 0 Å². The molecule has 0 aromatic heterocycles. The lowest BCUT2D eigenvalue weighted by molar-refractivity contribution is -0.161. The molecule has 5 atom stereocenters. The fraction of sp³-hybridized carbons (Fsp3) is 0.952. The van der Waals surface area contributed by atoms with Crippen molar-refractivity contribution in [3.8, 4) is 0 Å². The Labute approximate surface area is 632 Å². The standard InChI is InChI=1S/C84H164O17P2/c1-6-9-12-15-18-21-24-27-29-31-32-33-34-35-36-38-41-44-49-55-60-65-70-84(89)100-79(73-94-81(86)67-62-57-52-47-42-40-37-30-28-25-22-19-16-13-10-7-2)75-98-102(90,91)96-71-78(85)72-97-103(92,93)99-76-80(74-95-82(87)68-63-58-53-50-45-46-51-56-61-66-77(4)5)101-83(88)69-64-59-54-48-43-39-26-23-20-17-14-11-8-3/h77-80,85H,6-76H2,1-5H3,(H,90,91)(H,92,93)/t78-,79-,80-/m1/s1. The predicted molar refractivity (Wildman–Crippen MR) is 423 cm³/mol. The van der Waals surface area contributed by atoms with Gasteiger partial charge in [0.05, 0.1) is 26.4 Å². The second-order valence-corrected chi connectivity index (χ2v) is 33.6. The molecule has 19 heteroatoms. The molecule has 0 aliphatic rings. The zero-order valence-corrected chi connectivity index (χ0v) is 69.3. The molecule has 0 fully saturated rings. The number of phosphoric acid groups is 2. The van der Waals surface area contributed by atoms with Gasteiger partial charge in [0.15, 0.2) is 12.2 Å². The third-order valence-corrected chi connectivity index (χ3v) is 21.7. The molecule has 0 aliphatic heterocycles. The van der Waals surface area contributed by atoms with E-state index in [0.717, 1.165) is 95.8 Å². The van der Waals surface area contributed by atoms with Crippen LogP contribution in [0.25, 0.3) is 0 Å². The van der Waals surface area contributed by atoms with E-state index in [1.807, 2.05) is 0 Å². The minimum atomic E-state index is -4.96. The van der Waals surface area contributed by atoms with E-state index in [9.17, 15) is 43.2 Å². The summed E-state index contributed by atoms with van der Waals surface area (Å²) in [6.07, 6.45) is 69.4. The van der Waals surface area contributed by atoms with E-state index in [2.05, 4.69) is 34.6 Å². The summed E-state index contributed by atoms with van der Waals surface area (Å²) in [4.78, 5) is 73.1. The first kappa shape index (κ1) is 101. The average molecular weight is 1510 g/mol. The van der Waals surface area contributed by atoms with Crippen LogP contribution in [0.4, 0.5) is 0 Å². The largest absolute Gasteiger partial charge is 0.472 e. The number of aliphatic hydroxyl groups is 1. The molecule has 0 saturated heterocycles. The van der Waals surface area contributed by atoms with Crippen LogP contribution < -0.4 is 0 Å². The average Bonchev–Trinajstić information content (AvgIpc) is 0.914. The van der Waals surface area contributed by atoms with Crippen molar-refractivity contribution in [3.05, 3.63) is 0 Å². The maximum absolute atomic E-state index is 13.1. The number of unbranched alkanes of at least 4 members (excludes halogenated alkanes) is 56. The van der Waals surface area contributed by atoms with Crippen LogP contribution in [0.2, 0.25) is 0 Å². The van der Waals surface area contributed by atoms with Gasteiger partial charge in [-0.25, -0.2) is 9.13 Å². The monoisotopic (exact) mass is 1510 g/mol. The third kappa shape index (κ3) is 78.0. The van der Waals surface area contributed by atoms with Gasteiger partial charge >= 0.3 is 39.5 Å². The first-order valence-electron chi connectivity index (χ1n) is 43.6. The zero-order chi connectivity index (χ0) is 75.5. The zero-order valence-electron chi connectivity index (χ0n) is 67.5. The van der Waals surface area contributed by atoms with Crippen LogP contribution in [-0.2, 0) is 65.4 Å². The quantitative estimate of drug-likeness (QED) is 0.0222. The highest BCUT2D eigenvalue weighted by Gasteiger charge is 2.30. The molecule has 0 aromatic carbocycles. The van der Waals surface area contributed by atoms with Crippen molar-refractivity contribution in [3.63, 3.8) is 0 Å². The minimum Gasteiger partial charge on any atom is -0.462 e. The highest BCUT2D eigenvalue weighted by molar-refractivity contribution is 7.47. The molecule has 103 heavy (non-hydrogen) atoms. The van der Waals surface area contributed by atoms with Gasteiger partial charge in [-0.2, -0.15) is 0 Å². The summed E-state index contributed by atoms with van der Waals surface area (Å²) in [6.45, 7) is 7.33. The molecule has 0 aromatic rings. The Hall–Kier alpha value is -1.94. The van der Waals surface area contributed by atoms with Crippen LogP contribution in [0.5, 0.6) is 0 Å². The number of aliphatic hydroxyl groups excluding tert-OH is 1. The molecule has 0 spiro atoms. The Morgan fingerprint density at radius 1 is 0.262 bits per heavy atom. The van der Waals surface area contributed by atoms with E-state index < -0.39 is 97.5 Å². The van der Waals surface area contributed by atoms with Gasteiger partial charge in [0.1, 0.15) is 19.3 Å². The van der Waals surface area contributed by atoms with E-state index in [4.69, 9.17) is 37.0 Å². The van der Waals surface area contributed by atoms with Crippen molar-refractivity contribution < 1.29 is 80.2 Å². The Bertz CT molecular complexity index is 1960. The summed E-state index contributed by atoms with van der Waals surface area (Å²) in [5.41, 5.74) is 0. The van der Waals surface area contributed by atoms with Crippen LogP contribution in [0.15, 0.2) is 0 Å². The van der Waals surface area contributed by atoms with Gasteiger partial charge in [-0.05, 0) is 31.6 Å². The first-order valence-corrected chi connectivity index (χ1v) is 46.6. The number of hydrogen-bond donors (Lipinski definition) is 3. The number of rotatable bonds is 84. The summed E-state index contributed by atoms with van der Waals surface area (Å²) in [5.74, 6) is -1.36. The molecule has 0 radical (unpaired) electrons. The van der Waals surface area contributed by atoms with Crippen LogP contribution in [0.1, 0.15) is 452 Å². The van der Waals surface area contributed by atoms with Gasteiger partial charge in [-0.15, -0.1) is 0 Å². The molecule has 0 heterocycles. The van der Waals surface area contributed by atoms with Gasteiger partial charge in [-0.3, -0.25) is 37.3 Å². The van der Waals surface area contributed by atoms with E-state index in [0.29, 0.717) is 25.7 Å². The van der Waals surface area contributed by atoms with Crippen molar-refractivity contribution in [2.45, 2.75) is 470 Å². The van der Waals surface area contributed by atoms with Crippen molar-refractivity contribution in [2.75, 3.05) is 39.6 Å². The predicted octanol–water partition coefficient (Wildman–Crippen LogP) is 25.6. The molecule has 17 nitrogen and oxygen atoms in total. The SMILES string of the molecule is CCCCCCCCCCCCCCCCCCCCCCCCC(=O)O[C@H](COC(=O)CCCCCCCCCCCCCCCCCC)COP(=O)(O)OC[C@@H](O)COP(=O)(O)OC[C@@H](COC(=O)CCCCCCCCCCCC(C)C)OC(=O)CCCCCCCCCCCCCCC. The summed E-state index contributed by atoms with van der Waals surface area (Å²) < 4.78 is 68.8. The van der Waals surface area contributed by atoms with Crippen LogP contribution in [0, 0.1) is 5.92 Å². The van der Waals surface area contributed by atoms with Gasteiger partial charge in [0, 0.05) is 25.7 Å². The van der Waals surface area contributed by atoms with E-state index >= 15 is 0 Å². The lowest BCUT2D eigenvalue weighted by atomic mass is 10.0. The number of ether oxygens (including phenoxy) is 4. The minimum absolute atomic E-state index is 0.108. The summed E-state index contributed by atoms with van der Waals surface area (Å²) in [6, 6.07) is 0. The van der Waals surface area contributed by atoms with E-state index in [1.165, 1.54) is 276 Å². The number of carbonyl (C=O) groups excluding carboxylic acids is 4. The second-order valence-electron chi connectivity index (χ2n) is 30.7. The highest BCUT2D eigenvalue weighted by Crippen LogP contribution is 2.45. The number of esters is 4. The molecular weight excluding hydrogens is 1340 g/mol. The Morgan fingerprint density at radius 2 is 0.447 bits per heavy atom. The maximum atomic E-state index is 13.1. The molecule has 0 rings (SSSR count). The van der Waals surface area contributed by atoms with Gasteiger partial charge < -0.3 is 33.8 Å². The molecular formula is C84H164O17P2. The third-order valence-electron chi connectivity index (χ3n) is 19.8. The molecule has 3 N–H and O–H groups in total. The Morgan fingerprint density at radius 3 is 0.660 bits per heavy atom. The molecule has 0 aliphatic carbocycles. The van der Waals surface area contributed by atoms with Crippen molar-refractivity contribution in [2.24, 2.45) is 5.92 Å². The second kappa shape index (κ2) is 76.8. The lowest BCUT2D eigenvalue weighted by Gasteiger charge is -2.21. The van der Waals surface area contributed by atoms with Crippen molar-refractivity contribution in [1.82, 2.24) is 0 Å². The Kier molecular flexibility index (Phi) is 75.4. The number of carbonyl (C=O) groups is 4. The fourth-order valence-electron chi connectivity index (χ4n) is 13.1. The fourth-order valence-corrected chi connectivity index (χ4v) is 14.7. The van der Waals surface area contributed by atoms with E-state index in [-0.39, 0.29) is 25.7 Å².